The third-order valence-corrected chi connectivity index (χ3v) is 5.60. The van der Waals surface area contributed by atoms with Gasteiger partial charge in [0.15, 0.2) is 5.43 Å². The lowest BCUT2D eigenvalue weighted by Gasteiger charge is -2.32. The zero-order chi connectivity index (χ0) is 22.1. The van der Waals surface area contributed by atoms with E-state index in [2.05, 4.69) is 37.2 Å². The largest absolute Gasteiger partial charge is 0.360 e. The topological polar surface area (TPSA) is 110 Å². The Kier molecular flexibility index (Phi) is 5.16. The summed E-state index contributed by atoms with van der Waals surface area (Å²) in [6.45, 7) is 3.24. The molecule has 0 bridgehead atoms. The van der Waals surface area contributed by atoms with E-state index in [1.54, 1.807) is 18.5 Å². The van der Waals surface area contributed by atoms with Gasteiger partial charge in [-0.3, -0.25) is 9.59 Å². The van der Waals surface area contributed by atoms with Crippen molar-refractivity contribution in [3.8, 4) is 11.4 Å². The number of benzene rings is 1. The number of H-pyrrole nitrogens is 2. The van der Waals surface area contributed by atoms with E-state index in [4.69, 9.17) is 0 Å². The van der Waals surface area contributed by atoms with Crippen LogP contribution in [0.25, 0.3) is 22.3 Å². The molecule has 162 valence electrons. The number of likely N-dealkylation sites (N-methyl/N-ethyl adjacent to an activating group) is 1. The van der Waals surface area contributed by atoms with Crippen LogP contribution in [0.5, 0.6) is 0 Å². The lowest BCUT2D eigenvalue weighted by Crippen LogP contribution is -2.47. The molecule has 1 aromatic carbocycles. The SMILES string of the molecule is CN1CCN(C(=O)c2cc3cc(Nc4nccc(-c5cc(=O)cc[nH]5)n4)ccc3[nH]2)CC1. The molecular weight excluding hydrogens is 406 g/mol. The molecule has 0 saturated carbocycles. The van der Waals surface area contributed by atoms with Gasteiger partial charge in [0.25, 0.3) is 5.91 Å². The molecule has 32 heavy (non-hydrogen) atoms. The predicted octanol–water partition coefficient (Wildman–Crippen LogP) is 2.44. The molecule has 0 spiro atoms. The van der Waals surface area contributed by atoms with Gasteiger partial charge in [-0.2, -0.15) is 0 Å². The standard InChI is InChI=1S/C23H23N7O2/c1-29-8-10-30(11-9-29)22(32)21-13-15-12-16(2-3-18(15)27-21)26-23-25-7-5-19(28-23)20-14-17(31)4-6-24-20/h2-7,12-14,27H,8-11H2,1H3,(H,24,31)(H,25,26,28). The summed E-state index contributed by atoms with van der Waals surface area (Å²) in [6.07, 6.45) is 3.23. The number of hydrogen-bond donors (Lipinski definition) is 3. The zero-order valence-corrected chi connectivity index (χ0v) is 17.6. The minimum Gasteiger partial charge on any atom is -0.360 e. The van der Waals surface area contributed by atoms with Crippen LogP contribution in [0.2, 0.25) is 0 Å². The normalized spacial score (nSPS) is 14.6. The molecule has 3 N–H and O–H groups in total. The molecule has 5 rings (SSSR count). The van der Waals surface area contributed by atoms with E-state index >= 15 is 0 Å². The van der Waals surface area contributed by atoms with Gasteiger partial charge in [0.2, 0.25) is 5.95 Å². The predicted molar refractivity (Wildman–Crippen MR) is 123 cm³/mol. The van der Waals surface area contributed by atoms with Crippen molar-refractivity contribution in [1.82, 2.24) is 29.7 Å². The van der Waals surface area contributed by atoms with Crippen molar-refractivity contribution < 1.29 is 4.79 Å². The number of nitrogens with zero attached hydrogens (tertiary/aromatic N) is 4. The van der Waals surface area contributed by atoms with Crippen LogP contribution >= 0.6 is 0 Å². The number of hydrogen-bond acceptors (Lipinski definition) is 6. The summed E-state index contributed by atoms with van der Waals surface area (Å²) >= 11 is 0. The summed E-state index contributed by atoms with van der Waals surface area (Å²) < 4.78 is 0. The number of pyridine rings is 1. The Balaban J connectivity index is 1.36. The molecule has 1 aliphatic heterocycles. The number of carbonyl (C=O) groups excluding carboxylic acids is 1. The van der Waals surface area contributed by atoms with E-state index in [0.29, 0.717) is 23.0 Å². The number of amides is 1. The Morgan fingerprint density at radius 1 is 1.06 bits per heavy atom. The monoisotopic (exact) mass is 429 g/mol. The highest BCUT2D eigenvalue weighted by atomic mass is 16.2. The van der Waals surface area contributed by atoms with Crippen molar-refractivity contribution in [3.63, 3.8) is 0 Å². The van der Waals surface area contributed by atoms with Crippen LogP contribution in [-0.4, -0.2) is 68.9 Å². The van der Waals surface area contributed by atoms with Gasteiger partial charge in [-0.15, -0.1) is 0 Å². The molecule has 1 fully saturated rings. The first kappa shape index (κ1) is 20.0. The third kappa shape index (κ3) is 4.10. The van der Waals surface area contributed by atoms with Crippen LogP contribution in [0.4, 0.5) is 11.6 Å². The van der Waals surface area contributed by atoms with E-state index in [0.717, 1.165) is 42.8 Å². The van der Waals surface area contributed by atoms with Gasteiger partial charge in [0, 0.05) is 67.3 Å². The first-order valence-corrected chi connectivity index (χ1v) is 10.4. The van der Waals surface area contributed by atoms with Gasteiger partial charge >= 0.3 is 0 Å². The van der Waals surface area contributed by atoms with E-state index in [-0.39, 0.29) is 11.3 Å². The molecule has 1 aliphatic rings. The maximum atomic E-state index is 12.9. The molecule has 0 atom stereocenters. The Labute approximate surface area is 184 Å². The summed E-state index contributed by atoms with van der Waals surface area (Å²) in [6, 6.07) is 12.4. The molecule has 3 aromatic heterocycles. The first-order valence-electron chi connectivity index (χ1n) is 10.4. The van der Waals surface area contributed by atoms with Gasteiger partial charge in [-0.1, -0.05) is 0 Å². The van der Waals surface area contributed by atoms with Gasteiger partial charge in [-0.25, -0.2) is 9.97 Å². The van der Waals surface area contributed by atoms with Crippen LogP contribution in [-0.2, 0) is 0 Å². The van der Waals surface area contributed by atoms with Crippen molar-refractivity contribution in [3.05, 3.63) is 70.8 Å². The quantitative estimate of drug-likeness (QED) is 0.460. The first-order chi connectivity index (χ1) is 15.5. The summed E-state index contributed by atoms with van der Waals surface area (Å²) in [7, 11) is 2.07. The molecule has 4 aromatic rings. The number of anilines is 2. The average molecular weight is 429 g/mol. The summed E-state index contributed by atoms with van der Waals surface area (Å²) in [5, 5.41) is 4.13. The van der Waals surface area contributed by atoms with E-state index < -0.39 is 0 Å². The summed E-state index contributed by atoms with van der Waals surface area (Å²) in [5.74, 6) is 0.438. The summed E-state index contributed by atoms with van der Waals surface area (Å²) in [5.41, 5.74) is 3.43. The molecule has 9 nitrogen and oxygen atoms in total. The number of aromatic amines is 2. The number of fused-ring (bicyclic) bond motifs is 1. The van der Waals surface area contributed by atoms with Crippen LogP contribution in [0.15, 0.2) is 59.7 Å². The van der Waals surface area contributed by atoms with Gasteiger partial charge < -0.3 is 25.1 Å². The van der Waals surface area contributed by atoms with Crippen LogP contribution < -0.4 is 10.7 Å². The van der Waals surface area contributed by atoms with Crippen LogP contribution in [0.3, 0.4) is 0 Å². The van der Waals surface area contributed by atoms with Gasteiger partial charge in [0.1, 0.15) is 5.69 Å². The highest BCUT2D eigenvalue weighted by molar-refractivity contribution is 5.98. The molecule has 4 heterocycles. The second kappa shape index (κ2) is 8.27. The van der Waals surface area contributed by atoms with Crippen molar-refractivity contribution in [2.24, 2.45) is 0 Å². The van der Waals surface area contributed by atoms with Crippen LogP contribution in [0, 0.1) is 0 Å². The molecule has 0 radical (unpaired) electrons. The molecular formula is C23H23N7O2. The maximum Gasteiger partial charge on any atom is 0.270 e. The van der Waals surface area contributed by atoms with Crippen molar-refractivity contribution >= 4 is 28.4 Å². The molecule has 9 heteroatoms. The fourth-order valence-electron chi connectivity index (χ4n) is 3.80. The van der Waals surface area contributed by atoms with E-state index in [1.165, 1.54) is 12.1 Å². The second-order valence-electron chi connectivity index (χ2n) is 7.91. The van der Waals surface area contributed by atoms with Crippen LogP contribution in [0.1, 0.15) is 10.5 Å². The van der Waals surface area contributed by atoms with Crippen molar-refractivity contribution in [2.45, 2.75) is 0 Å². The number of carbonyl (C=O) groups is 1. The number of piperazine rings is 1. The van der Waals surface area contributed by atoms with Gasteiger partial charge in [0.05, 0.1) is 11.4 Å². The van der Waals surface area contributed by atoms with Crippen molar-refractivity contribution in [1.29, 1.82) is 0 Å². The third-order valence-electron chi connectivity index (χ3n) is 5.60. The Morgan fingerprint density at radius 2 is 1.91 bits per heavy atom. The maximum absolute atomic E-state index is 12.9. The molecule has 1 amide bonds. The minimum atomic E-state index is -0.0910. The number of aromatic nitrogens is 4. The molecule has 0 aliphatic carbocycles. The zero-order valence-electron chi connectivity index (χ0n) is 17.6. The smallest absolute Gasteiger partial charge is 0.270 e. The Morgan fingerprint density at radius 3 is 2.72 bits per heavy atom. The number of rotatable bonds is 4. The van der Waals surface area contributed by atoms with E-state index in [9.17, 15) is 9.59 Å². The molecule has 1 saturated heterocycles. The molecule has 0 unspecified atom stereocenters. The highest BCUT2D eigenvalue weighted by Gasteiger charge is 2.21. The number of nitrogens with one attached hydrogen (secondary N) is 3. The van der Waals surface area contributed by atoms with E-state index in [1.807, 2.05) is 29.2 Å². The minimum absolute atomic E-state index is 0.0247. The highest BCUT2D eigenvalue weighted by Crippen LogP contribution is 2.23. The van der Waals surface area contributed by atoms with Crippen molar-refractivity contribution in [2.75, 3.05) is 38.5 Å². The fraction of sp³-hybridized carbons (Fsp3) is 0.217. The average Bonchev–Trinajstić information content (AvgIpc) is 3.23. The van der Waals surface area contributed by atoms with Gasteiger partial charge in [-0.05, 0) is 37.4 Å². The lowest BCUT2D eigenvalue weighted by atomic mass is 10.2. The lowest BCUT2D eigenvalue weighted by molar-refractivity contribution is 0.0659. The fourth-order valence-corrected chi connectivity index (χ4v) is 3.80. The Bertz CT molecular complexity index is 1340. The summed E-state index contributed by atoms with van der Waals surface area (Å²) in [4.78, 5) is 43.6. The Hall–Kier alpha value is -3.98. The second-order valence-corrected chi connectivity index (χ2v) is 7.91.